The summed E-state index contributed by atoms with van der Waals surface area (Å²) in [5.74, 6) is 1.81. The lowest BCUT2D eigenvalue weighted by Gasteiger charge is -2.29. The number of anilines is 3. The molecule has 4 aliphatic rings. The van der Waals surface area contributed by atoms with E-state index < -0.39 is 15.1 Å². The Bertz CT molecular complexity index is 2220. The summed E-state index contributed by atoms with van der Waals surface area (Å²) in [6.07, 6.45) is 3.20. The van der Waals surface area contributed by atoms with Crippen LogP contribution in [0, 0.1) is 0 Å². The zero-order chi connectivity index (χ0) is 37.1. The van der Waals surface area contributed by atoms with E-state index in [1.807, 2.05) is 42.1 Å². The lowest BCUT2D eigenvalue weighted by Crippen LogP contribution is -2.36. The lowest BCUT2D eigenvalue weighted by atomic mass is 10.1. The number of ether oxygens (including phenoxy) is 4. The SMILES string of the molecule is Brc1cc(SC2COc3ccccc32)cc(N2CCOCC2)c1.Nc1ncc(-c2cc(N3CCOCC3)cc(S(=O)(=O)C3COc4ccccc43)c2)cn1. The number of sulfone groups is 1. The fourth-order valence-electron chi connectivity index (χ4n) is 6.97. The molecule has 5 heterocycles. The number of hydrogen-bond acceptors (Lipinski definition) is 12. The Balaban J connectivity index is 0.000000160. The summed E-state index contributed by atoms with van der Waals surface area (Å²) in [6, 6.07) is 27.6. The maximum Gasteiger partial charge on any atom is 0.219 e. The molecule has 54 heavy (non-hydrogen) atoms. The summed E-state index contributed by atoms with van der Waals surface area (Å²) in [5, 5.41) is -0.391. The average Bonchev–Trinajstić information content (AvgIpc) is 3.84. The number of benzene rings is 4. The number of nitrogen functional groups attached to an aromatic ring is 1. The third kappa shape index (κ3) is 8.03. The van der Waals surface area contributed by atoms with Gasteiger partial charge in [-0.15, -0.1) is 11.8 Å². The van der Waals surface area contributed by atoms with Crippen LogP contribution < -0.4 is 25.0 Å². The standard InChI is InChI=1S/C22H22N4O4S.C18H18BrNO2S/c23-22-24-12-16(13-25-22)15-9-17(26-5-7-29-8-6-26)11-18(10-15)31(27,28)21-14-30-20-4-2-1-3-19(20)21;19-13-9-14(20-5-7-21-8-6-20)11-15(10-13)23-18-12-22-17-4-2-1-3-16(17)18/h1-4,9-13,21H,5-8,14H2,(H2,23,24,25);1-4,9-11,18H,5-8,12H2. The van der Waals surface area contributed by atoms with Crippen LogP contribution in [0.15, 0.2) is 112 Å². The molecular weight excluding hydrogens is 791 g/mol. The quantitative estimate of drug-likeness (QED) is 0.182. The highest BCUT2D eigenvalue weighted by atomic mass is 79.9. The van der Waals surface area contributed by atoms with Gasteiger partial charge in [0.1, 0.15) is 30.0 Å². The minimum atomic E-state index is -3.70. The van der Waals surface area contributed by atoms with Gasteiger partial charge in [-0.2, -0.15) is 0 Å². The number of aromatic nitrogens is 2. The van der Waals surface area contributed by atoms with Crippen molar-refractivity contribution in [2.24, 2.45) is 0 Å². The predicted molar refractivity (Wildman–Crippen MR) is 214 cm³/mol. The van der Waals surface area contributed by atoms with Crippen LogP contribution in [0.5, 0.6) is 11.5 Å². The molecule has 2 fully saturated rings. The largest absolute Gasteiger partial charge is 0.492 e. The van der Waals surface area contributed by atoms with Crippen LogP contribution >= 0.6 is 27.7 Å². The van der Waals surface area contributed by atoms with Gasteiger partial charge >= 0.3 is 0 Å². The Kier molecular flexibility index (Phi) is 11.0. The molecule has 9 rings (SSSR count). The molecule has 2 atom stereocenters. The van der Waals surface area contributed by atoms with Gasteiger partial charge in [-0.1, -0.05) is 52.3 Å². The van der Waals surface area contributed by atoms with Crippen LogP contribution in [0.2, 0.25) is 0 Å². The number of thioether (sulfide) groups is 1. The van der Waals surface area contributed by atoms with Gasteiger partial charge in [0, 0.05) is 76.0 Å². The molecule has 11 nitrogen and oxygen atoms in total. The van der Waals surface area contributed by atoms with E-state index in [1.165, 1.54) is 16.1 Å². The molecular formula is C40H40BrN5O6S2. The van der Waals surface area contributed by atoms with Crippen molar-refractivity contribution in [3.8, 4) is 22.6 Å². The fraction of sp³-hybridized carbons (Fsp3) is 0.300. The molecule has 0 radical (unpaired) electrons. The average molecular weight is 831 g/mol. The van der Waals surface area contributed by atoms with Crippen LogP contribution in [0.1, 0.15) is 21.6 Å². The van der Waals surface area contributed by atoms with Crippen LogP contribution in [-0.2, 0) is 19.3 Å². The molecule has 0 saturated carbocycles. The highest BCUT2D eigenvalue weighted by molar-refractivity contribution is 9.10. The topological polar surface area (TPSA) is 129 Å². The molecule has 5 aromatic rings. The van der Waals surface area contributed by atoms with Crippen LogP contribution in [-0.4, -0.2) is 84.2 Å². The fourth-order valence-corrected chi connectivity index (χ4v) is 10.5. The van der Waals surface area contributed by atoms with Crippen molar-refractivity contribution >= 4 is 54.9 Å². The van der Waals surface area contributed by atoms with E-state index in [0.29, 0.717) is 48.4 Å². The van der Waals surface area contributed by atoms with Gasteiger partial charge < -0.3 is 34.5 Å². The first-order valence-corrected chi connectivity index (χ1v) is 21.1. The number of rotatable bonds is 7. The lowest BCUT2D eigenvalue weighted by molar-refractivity contribution is 0.122. The zero-order valence-electron chi connectivity index (χ0n) is 29.5. The first kappa shape index (κ1) is 36.6. The highest BCUT2D eigenvalue weighted by Gasteiger charge is 2.37. The van der Waals surface area contributed by atoms with E-state index in [4.69, 9.17) is 24.7 Å². The van der Waals surface area contributed by atoms with Gasteiger partial charge in [0.15, 0.2) is 9.84 Å². The van der Waals surface area contributed by atoms with Crippen LogP contribution in [0.4, 0.5) is 17.3 Å². The summed E-state index contributed by atoms with van der Waals surface area (Å²) in [6.45, 7) is 6.94. The summed E-state index contributed by atoms with van der Waals surface area (Å²) < 4.78 is 50.9. The summed E-state index contributed by atoms with van der Waals surface area (Å²) in [7, 11) is -3.70. The number of hydrogen-bond donors (Lipinski definition) is 1. The molecule has 0 aliphatic carbocycles. The second-order valence-electron chi connectivity index (χ2n) is 13.2. The molecule has 0 bridgehead atoms. The Morgan fingerprint density at radius 1 is 0.704 bits per heavy atom. The molecule has 2 N–H and O–H groups in total. The second kappa shape index (κ2) is 16.2. The monoisotopic (exact) mass is 829 g/mol. The normalized spacial score (nSPS) is 19.2. The number of para-hydroxylation sites is 2. The summed E-state index contributed by atoms with van der Waals surface area (Å²) >= 11 is 5.53. The molecule has 0 spiro atoms. The van der Waals surface area contributed by atoms with Crippen molar-refractivity contribution in [1.29, 1.82) is 0 Å². The minimum Gasteiger partial charge on any atom is -0.492 e. The maximum absolute atomic E-state index is 13.7. The van der Waals surface area contributed by atoms with Crippen molar-refractivity contribution in [3.63, 3.8) is 0 Å². The Morgan fingerprint density at radius 2 is 1.30 bits per heavy atom. The van der Waals surface area contributed by atoms with E-state index in [2.05, 4.69) is 72.1 Å². The molecule has 2 unspecified atom stereocenters. The first-order chi connectivity index (χ1) is 26.3. The molecule has 14 heteroatoms. The smallest absolute Gasteiger partial charge is 0.219 e. The number of nitrogens with zero attached hydrogens (tertiary/aromatic N) is 4. The van der Waals surface area contributed by atoms with Gasteiger partial charge in [-0.25, -0.2) is 18.4 Å². The van der Waals surface area contributed by atoms with E-state index >= 15 is 0 Å². The number of fused-ring (bicyclic) bond motifs is 2. The van der Waals surface area contributed by atoms with Crippen molar-refractivity contribution < 1.29 is 27.4 Å². The minimum absolute atomic E-state index is 0.101. The number of halogens is 1. The number of morpholine rings is 2. The molecule has 4 aliphatic heterocycles. The number of nitrogens with two attached hydrogens (primary N) is 1. The van der Waals surface area contributed by atoms with Crippen molar-refractivity contribution in [2.45, 2.75) is 20.3 Å². The third-order valence-electron chi connectivity index (χ3n) is 9.80. The predicted octanol–water partition coefficient (Wildman–Crippen LogP) is 6.98. The van der Waals surface area contributed by atoms with E-state index in [-0.39, 0.29) is 17.5 Å². The van der Waals surface area contributed by atoms with Gasteiger partial charge in [0.25, 0.3) is 0 Å². The Labute approximate surface area is 327 Å². The van der Waals surface area contributed by atoms with Crippen LogP contribution in [0.25, 0.3) is 11.1 Å². The van der Waals surface area contributed by atoms with E-state index in [1.54, 1.807) is 30.6 Å². The van der Waals surface area contributed by atoms with Crippen molar-refractivity contribution in [3.05, 3.63) is 113 Å². The van der Waals surface area contributed by atoms with Crippen LogP contribution in [0.3, 0.4) is 0 Å². The highest BCUT2D eigenvalue weighted by Crippen LogP contribution is 2.45. The Morgan fingerprint density at radius 3 is 1.98 bits per heavy atom. The molecule has 280 valence electrons. The second-order valence-corrected chi connectivity index (χ2v) is 17.5. The Hall–Kier alpha value is -4.34. The molecule has 0 amide bonds. The van der Waals surface area contributed by atoms with Gasteiger partial charge in [-0.05, 0) is 54.1 Å². The van der Waals surface area contributed by atoms with Gasteiger partial charge in [0.2, 0.25) is 5.95 Å². The molecule has 1 aromatic heterocycles. The van der Waals surface area contributed by atoms with Crippen molar-refractivity contribution in [2.75, 3.05) is 81.4 Å². The van der Waals surface area contributed by atoms with Gasteiger partial charge in [0.05, 0.1) is 36.6 Å². The van der Waals surface area contributed by atoms with Crippen molar-refractivity contribution in [1.82, 2.24) is 9.97 Å². The third-order valence-corrected chi connectivity index (χ3v) is 13.5. The van der Waals surface area contributed by atoms with E-state index in [9.17, 15) is 8.42 Å². The first-order valence-electron chi connectivity index (χ1n) is 17.8. The summed E-state index contributed by atoms with van der Waals surface area (Å²) in [4.78, 5) is 14.1. The molecule has 4 aromatic carbocycles. The zero-order valence-corrected chi connectivity index (χ0v) is 32.7. The maximum atomic E-state index is 13.7. The molecule has 2 saturated heterocycles. The summed E-state index contributed by atoms with van der Waals surface area (Å²) in [5.41, 5.74) is 11.1. The van der Waals surface area contributed by atoms with E-state index in [0.717, 1.165) is 54.4 Å². The van der Waals surface area contributed by atoms with Gasteiger partial charge in [-0.3, -0.25) is 0 Å².